The highest BCUT2D eigenvalue weighted by Crippen LogP contribution is 2.23. The Morgan fingerprint density at radius 1 is 1.57 bits per heavy atom. The molecule has 0 bridgehead atoms. The van der Waals surface area contributed by atoms with Crippen molar-refractivity contribution >= 4 is 11.3 Å². The molecule has 0 radical (unpaired) electrons. The summed E-state index contributed by atoms with van der Waals surface area (Å²) in [5.41, 5.74) is 3.74. The van der Waals surface area contributed by atoms with Crippen LogP contribution in [0.3, 0.4) is 0 Å². The normalized spacial score (nSPS) is 14.3. The quantitative estimate of drug-likeness (QED) is 0.602. The smallest absolute Gasteiger partial charge is 0.271 e. The first-order valence-electron chi connectivity index (χ1n) is 3.91. The molecule has 0 saturated heterocycles. The molecule has 0 saturated carbocycles. The zero-order valence-electron chi connectivity index (χ0n) is 7.21. The first-order valence-corrected chi connectivity index (χ1v) is 4.79. The van der Waals surface area contributed by atoms with Crippen LogP contribution >= 0.6 is 11.3 Å². The fourth-order valence-electron chi connectivity index (χ4n) is 1.06. The van der Waals surface area contributed by atoms with Crippen molar-refractivity contribution in [3.63, 3.8) is 0 Å². The van der Waals surface area contributed by atoms with Gasteiger partial charge in [-0.3, -0.25) is 16.3 Å². The Labute approximate surface area is 83.1 Å². The lowest BCUT2D eigenvalue weighted by Gasteiger charge is -2.16. The minimum atomic E-state index is -4.19. The monoisotopic (exact) mass is 225 g/mol. The summed E-state index contributed by atoms with van der Waals surface area (Å²) in [4.78, 5) is 4.56. The van der Waals surface area contributed by atoms with Crippen molar-refractivity contribution in [2.45, 2.75) is 25.1 Å². The lowest BCUT2D eigenvalue weighted by Crippen LogP contribution is -2.39. The third-order valence-electron chi connectivity index (χ3n) is 1.64. The topological polar surface area (TPSA) is 50.9 Å². The Morgan fingerprint density at radius 2 is 2.29 bits per heavy atom. The summed E-state index contributed by atoms with van der Waals surface area (Å²) >= 11 is 1.32. The van der Waals surface area contributed by atoms with Crippen LogP contribution in [-0.4, -0.2) is 17.2 Å². The molecule has 1 unspecified atom stereocenters. The molecule has 3 nitrogen and oxygen atoms in total. The molecule has 7 heteroatoms. The summed E-state index contributed by atoms with van der Waals surface area (Å²) in [5.74, 6) is 5.03. The third-order valence-corrected chi connectivity index (χ3v) is 2.45. The predicted molar refractivity (Wildman–Crippen MR) is 47.6 cm³/mol. The van der Waals surface area contributed by atoms with Crippen LogP contribution in [-0.2, 0) is 6.42 Å². The van der Waals surface area contributed by atoms with E-state index < -0.39 is 18.6 Å². The van der Waals surface area contributed by atoms with E-state index in [-0.39, 0.29) is 6.42 Å². The lowest BCUT2D eigenvalue weighted by atomic mass is 10.1. The molecular weight excluding hydrogens is 215 g/mol. The van der Waals surface area contributed by atoms with E-state index in [0.717, 1.165) is 4.88 Å². The average molecular weight is 225 g/mol. The third kappa shape index (κ3) is 4.03. The summed E-state index contributed by atoms with van der Waals surface area (Å²) in [5, 5.41) is 0. The van der Waals surface area contributed by atoms with Gasteiger partial charge in [0.15, 0.2) is 0 Å². The van der Waals surface area contributed by atoms with E-state index in [2.05, 4.69) is 10.4 Å². The van der Waals surface area contributed by atoms with Crippen LogP contribution in [0.1, 0.15) is 11.3 Å². The molecule has 0 aromatic carbocycles. The zero-order chi connectivity index (χ0) is 10.6. The Balaban J connectivity index is 2.47. The molecule has 0 aliphatic carbocycles. The number of alkyl halides is 3. The molecule has 1 atom stereocenters. The van der Waals surface area contributed by atoms with Crippen molar-refractivity contribution in [1.29, 1.82) is 0 Å². The van der Waals surface area contributed by atoms with E-state index in [1.165, 1.54) is 11.3 Å². The van der Waals surface area contributed by atoms with Crippen LogP contribution < -0.4 is 11.3 Å². The molecule has 1 aromatic rings. The van der Waals surface area contributed by atoms with Gasteiger partial charge in [-0.1, -0.05) is 0 Å². The highest BCUT2D eigenvalue weighted by molar-refractivity contribution is 7.09. The van der Waals surface area contributed by atoms with Crippen molar-refractivity contribution in [2.24, 2.45) is 5.84 Å². The van der Waals surface area contributed by atoms with Crippen LogP contribution in [0.2, 0.25) is 0 Å². The molecular formula is C7H10F3N3S. The summed E-state index contributed by atoms with van der Waals surface area (Å²) < 4.78 is 36.0. The zero-order valence-corrected chi connectivity index (χ0v) is 8.03. The minimum Gasteiger partial charge on any atom is -0.271 e. The second kappa shape index (κ2) is 4.72. The fraction of sp³-hybridized carbons (Fsp3) is 0.571. The van der Waals surface area contributed by atoms with Gasteiger partial charge in [0.1, 0.15) is 0 Å². The van der Waals surface area contributed by atoms with Gasteiger partial charge in [-0.25, -0.2) is 0 Å². The van der Waals surface area contributed by atoms with E-state index >= 15 is 0 Å². The number of nitrogens with one attached hydrogen (secondary N) is 1. The van der Waals surface area contributed by atoms with Crippen molar-refractivity contribution in [2.75, 3.05) is 0 Å². The van der Waals surface area contributed by atoms with Gasteiger partial charge in [-0.15, -0.1) is 11.3 Å². The maximum absolute atomic E-state index is 12.0. The molecule has 1 aromatic heterocycles. The van der Waals surface area contributed by atoms with Crippen molar-refractivity contribution in [1.82, 2.24) is 10.4 Å². The van der Waals surface area contributed by atoms with Crippen molar-refractivity contribution < 1.29 is 13.2 Å². The van der Waals surface area contributed by atoms with E-state index in [4.69, 9.17) is 5.84 Å². The summed E-state index contributed by atoms with van der Waals surface area (Å²) in [6.07, 6.45) is -3.32. The Kier molecular flexibility index (Phi) is 3.85. The number of hydrogen-bond donors (Lipinski definition) is 2. The van der Waals surface area contributed by atoms with E-state index in [1.807, 2.05) is 0 Å². The number of aromatic nitrogens is 1. The van der Waals surface area contributed by atoms with Crippen molar-refractivity contribution in [3.8, 4) is 0 Å². The Bertz CT molecular complexity index is 260. The van der Waals surface area contributed by atoms with Crippen LogP contribution in [0, 0.1) is 0 Å². The van der Waals surface area contributed by atoms with Gasteiger partial charge in [0.25, 0.3) is 0 Å². The first kappa shape index (κ1) is 11.4. The number of nitrogens with zero attached hydrogens (tertiary/aromatic N) is 1. The predicted octanol–water partition coefficient (Wildman–Crippen LogP) is 1.47. The van der Waals surface area contributed by atoms with Gasteiger partial charge in [-0.05, 0) is 0 Å². The van der Waals surface area contributed by atoms with Crippen LogP contribution in [0.5, 0.6) is 0 Å². The maximum atomic E-state index is 12.0. The van der Waals surface area contributed by atoms with Gasteiger partial charge in [0, 0.05) is 23.5 Å². The molecule has 1 heterocycles. The van der Waals surface area contributed by atoms with Gasteiger partial charge in [0.05, 0.1) is 11.9 Å². The second-order valence-corrected chi connectivity index (χ2v) is 3.83. The molecule has 14 heavy (non-hydrogen) atoms. The maximum Gasteiger partial charge on any atom is 0.390 e. The Hall–Kier alpha value is -0.660. The van der Waals surface area contributed by atoms with Crippen LogP contribution in [0.15, 0.2) is 11.7 Å². The van der Waals surface area contributed by atoms with E-state index in [1.54, 1.807) is 11.7 Å². The van der Waals surface area contributed by atoms with E-state index in [0.29, 0.717) is 0 Å². The molecule has 1 rings (SSSR count). The van der Waals surface area contributed by atoms with E-state index in [9.17, 15) is 13.2 Å². The number of hydrazine groups is 1. The largest absolute Gasteiger partial charge is 0.390 e. The molecule has 0 amide bonds. The SMILES string of the molecule is NNC(Cc1cncs1)CC(F)(F)F. The standard InChI is InChI=1S/C7H10F3N3S/c8-7(9,10)2-5(13-11)1-6-3-12-4-14-6/h3-5,13H,1-2,11H2. The van der Waals surface area contributed by atoms with Crippen molar-refractivity contribution in [3.05, 3.63) is 16.6 Å². The fourth-order valence-corrected chi connectivity index (χ4v) is 1.73. The van der Waals surface area contributed by atoms with Gasteiger partial charge >= 0.3 is 6.18 Å². The summed E-state index contributed by atoms with van der Waals surface area (Å²) in [6, 6.07) is -0.782. The summed E-state index contributed by atoms with van der Waals surface area (Å²) in [6.45, 7) is 0. The van der Waals surface area contributed by atoms with Gasteiger partial charge < -0.3 is 0 Å². The number of nitrogens with two attached hydrogens (primary N) is 1. The van der Waals surface area contributed by atoms with Gasteiger partial charge in [-0.2, -0.15) is 13.2 Å². The molecule has 80 valence electrons. The number of hydrogen-bond acceptors (Lipinski definition) is 4. The highest BCUT2D eigenvalue weighted by atomic mass is 32.1. The molecule has 0 aliphatic heterocycles. The minimum absolute atomic E-state index is 0.251. The number of thiazole rings is 1. The second-order valence-electron chi connectivity index (χ2n) is 2.85. The molecule has 0 aliphatic rings. The van der Waals surface area contributed by atoms with Gasteiger partial charge in [0.2, 0.25) is 0 Å². The first-order chi connectivity index (χ1) is 6.51. The average Bonchev–Trinajstić information content (AvgIpc) is 2.53. The van der Waals surface area contributed by atoms with Crippen LogP contribution in [0.25, 0.3) is 0 Å². The Morgan fingerprint density at radius 3 is 2.71 bits per heavy atom. The number of rotatable bonds is 4. The number of halogens is 3. The van der Waals surface area contributed by atoms with Crippen LogP contribution in [0.4, 0.5) is 13.2 Å². The lowest BCUT2D eigenvalue weighted by molar-refractivity contribution is -0.139. The highest BCUT2D eigenvalue weighted by Gasteiger charge is 2.31. The molecule has 0 fully saturated rings. The summed E-state index contributed by atoms with van der Waals surface area (Å²) in [7, 11) is 0. The molecule has 0 spiro atoms. The molecule has 3 N–H and O–H groups in total.